The van der Waals surface area contributed by atoms with Crippen LogP contribution in [0, 0.1) is 0 Å². The monoisotopic (exact) mass is 289 g/mol. The number of hydrogen-bond donors (Lipinski definition) is 1. The highest BCUT2D eigenvalue weighted by atomic mass is 32.2. The van der Waals surface area contributed by atoms with Crippen LogP contribution < -0.4 is 4.72 Å². The van der Waals surface area contributed by atoms with Crippen LogP contribution >= 0.6 is 0 Å². The summed E-state index contributed by atoms with van der Waals surface area (Å²) < 4.78 is 26.7. The molecule has 0 atom stereocenters. The van der Waals surface area contributed by atoms with Gasteiger partial charge in [-0.25, -0.2) is 8.42 Å². The molecule has 0 saturated heterocycles. The number of nitrogens with one attached hydrogen (secondary N) is 1. The molecule has 0 saturated carbocycles. The van der Waals surface area contributed by atoms with Crippen molar-refractivity contribution in [2.45, 2.75) is 25.5 Å². The SMILES string of the molecule is CCCc1ccc(NS(=O)(=O)Cc2ccccc2)cc1. The van der Waals surface area contributed by atoms with Crippen LogP contribution in [0.1, 0.15) is 24.5 Å². The first-order valence-electron chi connectivity index (χ1n) is 6.72. The Kier molecular flexibility index (Phi) is 4.79. The molecule has 2 aromatic rings. The maximum atomic E-state index is 12.1. The Morgan fingerprint density at radius 3 is 2.15 bits per heavy atom. The van der Waals surface area contributed by atoms with E-state index < -0.39 is 10.0 Å². The molecule has 2 rings (SSSR count). The minimum Gasteiger partial charge on any atom is -0.283 e. The molecule has 3 nitrogen and oxygen atoms in total. The van der Waals surface area contributed by atoms with Crippen LogP contribution in [0.5, 0.6) is 0 Å². The Hall–Kier alpha value is -1.81. The van der Waals surface area contributed by atoms with Gasteiger partial charge in [-0.1, -0.05) is 55.8 Å². The van der Waals surface area contributed by atoms with Gasteiger partial charge in [-0.05, 0) is 29.7 Å². The van der Waals surface area contributed by atoms with Gasteiger partial charge in [0.1, 0.15) is 0 Å². The Bertz CT molecular complexity index is 634. The van der Waals surface area contributed by atoms with Gasteiger partial charge in [0.2, 0.25) is 10.0 Å². The van der Waals surface area contributed by atoms with Gasteiger partial charge in [0.25, 0.3) is 0 Å². The molecular formula is C16H19NO2S. The summed E-state index contributed by atoms with van der Waals surface area (Å²) in [7, 11) is -3.36. The van der Waals surface area contributed by atoms with Crippen molar-refractivity contribution in [3.8, 4) is 0 Å². The van der Waals surface area contributed by atoms with Crippen molar-refractivity contribution < 1.29 is 8.42 Å². The predicted octanol–water partition coefficient (Wildman–Crippen LogP) is 3.58. The van der Waals surface area contributed by atoms with Crippen LogP contribution in [0.25, 0.3) is 0 Å². The fraction of sp³-hybridized carbons (Fsp3) is 0.250. The second-order valence-corrected chi connectivity index (χ2v) is 6.52. The molecule has 0 aromatic heterocycles. The molecule has 0 spiro atoms. The number of rotatable bonds is 6. The zero-order valence-electron chi connectivity index (χ0n) is 11.5. The Balaban J connectivity index is 2.04. The van der Waals surface area contributed by atoms with Gasteiger partial charge < -0.3 is 0 Å². The summed E-state index contributed by atoms with van der Waals surface area (Å²) in [6.45, 7) is 2.12. The second-order valence-electron chi connectivity index (χ2n) is 4.79. The third-order valence-electron chi connectivity index (χ3n) is 2.97. The minimum atomic E-state index is -3.36. The van der Waals surface area contributed by atoms with Crippen LogP contribution in [-0.4, -0.2) is 8.42 Å². The van der Waals surface area contributed by atoms with E-state index in [1.807, 2.05) is 54.6 Å². The molecule has 0 radical (unpaired) electrons. The minimum absolute atomic E-state index is 0.00937. The molecule has 0 unspecified atom stereocenters. The lowest BCUT2D eigenvalue weighted by Crippen LogP contribution is -2.15. The number of aryl methyl sites for hydroxylation is 1. The first-order valence-corrected chi connectivity index (χ1v) is 8.37. The van der Waals surface area contributed by atoms with Gasteiger partial charge in [-0.2, -0.15) is 0 Å². The van der Waals surface area contributed by atoms with Crippen molar-refractivity contribution in [1.82, 2.24) is 0 Å². The van der Waals surface area contributed by atoms with Gasteiger partial charge >= 0.3 is 0 Å². The summed E-state index contributed by atoms with van der Waals surface area (Å²) in [5, 5.41) is 0. The largest absolute Gasteiger partial charge is 0.283 e. The summed E-state index contributed by atoms with van der Waals surface area (Å²) in [6, 6.07) is 16.7. The zero-order chi connectivity index (χ0) is 14.4. The highest BCUT2D eigenvalue weighted by Crippen LogP contribution is 2.14. The molecule has 106 valence electrons. The molecule has 0 amide bonds. The molecule has 1 N–H and O–H groups in total. The molecule has 0 fully saturated rings. The standard InChI is InChI=1S/C16H19NO2S/c1-2-6-14-9-11-16(12-10-14)17-20(18,19)13-15-7-4-3-5-8-15/h3-5,7-12,17H,2,6,13H2,1H3. The predicted molar refractivity (Wildman–Crippen MR) is 83.1 cm³/mol. The van der Waals surface area contributed by atoms with E-state index in [4.69, 9.17) is 0 Å². The Morgan fingerprint density at radius 2 is 1.55 bits per heavy atom. The topological polar surface area (TPSA) is 46.2 Å². The van der Waals surface area contributed by atoms with E-state index in [0.29, 0.717) is 5.69 Å². The third kappa shape index (κ3) is 4.38. The summed E-state index contributed by atoms with van der Waals surface area (Å²) in [5.74, 6) is -0.00937. The summed E-state index contributed by atoms with van der Waals surface area (Å²) >= 11 is 0. The van der Waals surface area contributed by atoms with Crippen LogP contribution in [-0.2, 0) is 22.2 Å². The van der Waals surface area contributed by atoms with Crippen LogP contribution in [0.3, 0.4) is 0 Å². The Morgan fingerprint density at radius 1 is 0.900 bits per heavy atom. The van der Waals surface area contributed by atoms with Crippen molar-refractivity contribution in [2.75, 3.05) is 4.72 Å². The van der Waals surface area contributed by atoms with E-state index in [1.54, 1.807) is 0 Å². The Labute approximate surface area is 120 Å². The third-order valence-corrected chi connectivity index (χ3v) is 4.23. The number of benzene rings is 2. The first kappa shape index (κ1) is 14.6. The smallest absolute Gasteiger partial charge is 0.236 e. The van der Waals surface area contributed by atoms with E-state index in [1.165, 1.54) is 5.56 Å². The molecule has 20 heavy (non-hydrogen) atoms. The maximum absolute atomic E-state index is 12.1. The summed E-state index contributed by atoms with van der Waals surface area (Å²) in [4.78, 5) is 0. The van der Waals surface area contributed by atoms with E-state index in [0.717, 1.165) is 18.4 Å². The van der Waals surface area contributed by atoms with Crippen molar-refractivity contribution in [3.05, 3.63) is 65.7 Å². The number of hydrogen-bond acceptors (Lipinski definition) is 2. The lowest BCUT2D eigenvalue weighted by molar-refractivity contribution is 0.600. The van der Waals surface area contributed by atoms with Gasteiger partial charge in [-0.3, -0.25) is 4.72 Å². The summed E-state index contributed by atoms with van der Waals surface area (Å²) in [6.07, 6.45) is 2.09. The van der Waals surface area contributed by atoms with E-state index in [9.17, 15) is 8.42 Å². The fourth-order valence-corrected chi connectivity index (χ4v) is 3.24. The molecule has 0 aliphatic carbocycles. The quantitative estimate of drug-likeness (QED) is 0.883. The second kappa shape index (κ2) is 6.57. The highest BCUT2D eigenvalue weighted by Gasteiger charge is 2.11. The average Bonchev–Trinajstić information content (AvgIpc) is 2.41. The van der Waals surface area contributed by atoms with Crippen LogP contribution in [0.4, 0.5) is 5.69 Å². The molecule has 0 heterocycles. The molecule has 4 heteroatoms. The van der Waals surface area contributed by atoms with Gasteiger partial charge in [0.15, 0.2) is 0 Å². The van der Waals surface area contributed by atoms with Gasteiger partial charge in [0, 0.05) is 5.69 Å². The van der Waals surface area contributed by atoms with Crippen molar-refractivity contribution >= 4 is 15.7 Å². The van der Waals surface area contributed by atoms with Gasteiger partial charge in [0.05, 0.1) is 5.75 Å². The number of sulfonamides is 1. The zero-order valence-corrected chi connectivity index (χ0v) is 12.4. The highest BCUT2D eigenvalue weighted by molar-refractivity contribution is 7.91. The van der Waals surface area contributed by atoms with Crippen LogP contribution in [0.2, 0.25) is 0 Å². The maximum Gasteiger partial charge on any atom is 0.236 e. The molecule has 0 aliphatic heterocycles. The molecule has 2 aromatic carbocycles. The average molecular weight is 289 g/mol. The molecule has 0 bridgehead atoms. The van der Waals surface area contributed by atoms with Crippen molar-refractivity contribution in [3.63, 3.8) is 0 Å². The lowest BCUT2D eigenvalue weighted by atomic mass is 10.1. The molecule has 0 aliphatic rings. The van der Waals surface area contributed by atoms with Crippen LogP contribution in [0.15, 0.2) is 54.6 Å². The van der Waals surface area contributed by atoms with E-state index in [2.05, 4.69) is 11.6 Å². The van der Waals surface area contributed by atoms with E-state index in [-0.39, 0.29) is 5.75 Å². The molecular weight excluding hydrogens is 270 g/mol. The lowest BCUT2D eigenvalue weighted by Gasteiger charge is -2.09. The van der Waals surface area contributed by atoms with Gasteiger partial charge in [-0.15, -0.1) is 0 Å². The fourth-order valence-electron chi connectivity index (χ4n) is 2.04. The normalized spacial score (nSPS) is 11.2. The van der Waals surface area contributed by atoms with Crippen molar-refractivity contribution in [2.24, 2.45) is 0 Å². The number of anilines is 1. The first-order chi connectivity index (χ1) is 9.59. The summed E-state index contributed by atoms with van der Waals surface area (Å²) in [5.41, 5.74) is 2.61. The van der Waals surface area contributed by atoms with Crippen molar-refractivity contribution in [1.29, 1.82) is 0 Å². The van der Waals surface area contributed by atoms with E-state index >= 15 is 0 Å².